The number of nitrogens with zero attached hydrogens (tertiary/aromatic N) is 1. The van der Waals surface area contributed by atoms with Crippen LogP contribution in [0, 0.1) is 5.92 Å². The zero-order valence-corrected chi connectivity index (χ0v) is 14.2. The van der Waals surface area contributed by atoms with Gasteiger partial charge < -0.3 is 15.0 Å². The number of amides is 2. The summed E-state index contributed by atoms with van der Waals surface area (Å²) in [6, 6.07) is 7.39. The molecule has 0 bridgehead atoms. The molecular weight excluding hydrogens is 292 g/mol. The third-order valence-corrected chi connectivity index (χ3v) is 4.48. The maximum absolute atomic E-state index is 12.6. The number of methoxy groups -OCH3 is 1. The molecule has 0 saturated carbocycles. The van der Waals surface area contributed by atoms with Crippen LogP contribution in [-0.2, 0) is 9.59 Å². The van der Waals surface area contributed by atoms with Gasteiger partial charge in [0.15, 0.2) is 0 Å². The van der Waals surface area contributed by atoms with Gasteiger partial charge in [-0.2, -0.15) is 0 Å². The highest BCUT2D eigenvalue weighted by atomic mass is 16.5. The summed E-state index contributed by atoms with van der Waals surface area (Å²) in [5.74, 6) is 0.687. The van der Waals surface area contributed by atoms with Crippen molar-refractivity contribution >= 4 is 11.8 Å². The van der Waals surface area contributed by atoms with Gasteiger partial charge in [-0.3, -0.25) is 9.59 Å². The van der Waals surface area contributed by atoms with Crippen molar-refractivity contribution in [3.05, 3.63) is 29.8 Å². The lowest BCUT2D eigenvalue weighted by molar-refractivity contribution is -0.141. The van der Waals surface area contributed by atoms with Crippen LogP contribution < -0.4 is 10.1 Å². The molecule has 1 N–H and O–H groups in total. The third kappa shape index (κ3) is 4.03. The van der Waals surface area contributed by atoms with E-state index in [4.69, 9.17) is 4.74 Å². The van der Waals surface area contributed by atoms with Crippen LogP contribution >= 0.6 is 0 Å². The summed E-state index contributed by atoms with van der Waals surface area (Å²) in [5.41, 5.74) is 0.969. The van der Waals surface area contributed by atoms with Crippen LogP contribution in [0.4, 0.5) is 0 Å². The fourth-order valence-electron chi connectivity index (χ4n) is 3.09. The van der Waals surface area contributed by atoms with Crippen LogP contribution in [0.5, 0.6) is 5.75 Å². The van der Waals surface area contributed by atoms with Gasteiger partial charge in [-0.15, -0.1) is 0 Å². The minimum Gasteiger partial charge on any atom is -0.497 e. The maximum Gasteiger partial charge on any atom is 0.225 e. The Morgan fingerprint density at radius 3 is 2.65 bits per heavy atom. The molecule has 2 atom stereocenters. The standard InChI is InChI=1S/C18H26N2O3/c1-4-5-12-19-18(22)15-10-11-16(21)20(2)17(15)13-6-8-14(23-3)9-7-13/h6-9,15,17H,4-5,10-12H2,1-3H3,(H,19,22)/t15-,17+/m1/s1. The number of nitrogens with one attached hydrogen (secondary N) is 1. The van der Waals surface area contributed by atoms with Gasteiger partial charge in [0.25, 0.3) is 0 Å². The van der Waals surface area contributed by atoms with Crippen LogP contribution in [0.25, 0.3) is 0 Å². The van der Waals surface area contributed by atoms with Crippen molar-refractivity contribution in [1.29, 1.82) is 0 Å². The molecule has 1 aliphatic heterocycles. The molecule has 1 saturated heterocycles. The summed E-state index contributed by atoms with van der Waals surface area (Å²) in [7, 11) is 3.40. The van der Waals surface area contributed by atoms with E-state index in [1.807, 2.05) is 24.3 Å². The molecule has 0 radical (unpaired) electrons. The minimum absolute atomic E-state index is 0.0404. The number of unbranched alkanes of at least 4 members (excludes halogenated alkanes) is 1. The Bertz CT molecular complexity index is 542. The molecule has 0 aromatic heterocycles. The second-order valence-corrected chi connectivity index (χ2v) is 6.01. The van der Waals surface area contributed by atoms with Crippen molar-refractivity contribution in [3.8, 4) is 5.75 Å². The zero-order valence-electron chi connectivity index (χ0n) is 14.2. The summed E-state index contributed by atoms with van der Waals surface area (Å²) in [4.78, 5) is 26.4. The van der Waals surface area contributed by atoms with Crippen LogP contribution in [0.3, 0.4) is 0 Å². The number of likely N-dealkylation sites (tertiary alicyclic amines) is 1. The molecule has 0 unspecified atom stereocenters. The lowest BCUT2D eigenvalue weighted by Gasteiger charge is -2.38. The molecule has 5 nitrogen and oxygen atoms in total. The van der Waals surface area contributed by atoms with E-state index < -0.39 is 0 Å². The molecule has 1 heterocycles. The topological polar surface area (TPSA) is 58.6 Å². The molecule has 126 valence electrons. The lowest BCUT2D eigenvalue weighted by Crippen LogP contribution is -2.46. The van der Waals surface area contributed by atoms with Gasteiger partial charge in [-0.1, -0.05) is 25.5 Å². The predicted octanol–water partition coefficient (Wildman–Crippen LogP) is 2.52. The number of hydrogen-bond acceptors (Lipinski definition) is 3. The van der Waals surface area contributed by atoms with Gasteiger partial charge in [0.05, 0.1) is 19.1 Å². The summed E-state index contributed by atoms with van der Waals surface area (Å²) in [6.45, 7) is 2.79. The van der Waals surface area contributed by atoms with Crippen molar-refractivity contribution in [3.63, 3.8) is 0 Å². The summed E-state index contributed by atoms with van der Waals surface area (Å²) in [5, 5.41) is 3.01. The van der Waals surface area contributed by atoms with Gasteiger partial charge in [0, 0.05) is 20.0 Å². The Morgan fingerprint density at radius 1 is 1.35 bits per heavy atom. The van der Waals surface area contributed by atoms with Crippen molar-refractivity contribution in [2.24, 2.45) is 5.92 Å². The van der Waals surface area contributed by atoms with E-state index >= 15 is 0 Å². The molecule has 2 rings (SSSR count). The SMILES string of the molecule is CCCCNC(=O)[C@@H]1CCC(=O)N(C)[C@H]1c1ccc(OC)cc1. The van der Waals surface area contributed by atoms with Gasteiger partial charge in [-0.25, -0.2) is 0 Å². The van der Waals surface area contributed by atoms with E-state index in [9.17, 15) is 9.59 Å². The molecule has 23 heavy (non-hydrogen) atoms. The van der Waals surface area contributed by atoms with Crippen molar-refractivity contribution in [2.45, 2.75) is 38.6 Å². The van der Waals surface area contributed by atoms with E-state index in [0.29, 0.717) is 19.4 Å². The number of hydrogen-bond donors (Lipinski definition) is 1. The van der Waals surface area contributed by atoms with Gasteiger partial charge in [0.1, 0.15) is 5.75 Å². The fourth-order valence-corrected chi connectivity index (χ4v) is 3.09. The van der Waals surface area contributed by atoms with E-state index in [-0.39, 0.29) is 23.8 Å². The van der Waals surface area contributed by atoms with E-state index in [2.05, 4.69) is 12.2 Å². The average Bonchev–Trinajstić information content (AvgIpc) is 2.57. The predicted molar refractivity (Wildman–Crippen MR) is 89.1 cm³/mol. The smallest absolute Gasteiger partial charge is 0.225 e. The highest BCUT2D eigenvalue weighted by Crippen LogP contribution is 2.36. The van der Waals surface area contributed by atoms with Crippen LogP contribution in [0.15, 0.2) is 24.3 Å². The number of ether oxygens (including phenoxy) is 1. The molecule has 1 aromatic carbocycles. The molecule has 0 spiro atoms. The van der Waals surface area contributed by atoms with Gasteiger partial charge >= 0.3 is 0 Å². The number of carbonyl (C=O) groups is 2. The molecular formula is C18H26N2O3. The molecule has 0 aliphatic carbocycles. The number of piperidine rings is 1. The van der Waals surface area contributed by atoms with Gasteiger partial charge in [0.2, 0.25) is 11.8 Å². The van der Waals surface area contributed by atoms with Gasteiger partial charge in [-0.05, 0) is 30.5 Å². The number of carbonyl (C=O) groups excluding carboxylic acids is 2. The normalized spacial score (nSPS) is 21.2. The molecule has 1 aromatic rings. The Morgan fingerprint density at radius 2 is 2.04 bits per heavy atom. The Balaban J connectivity index is 2.20. The average molecular weight is 318 g/mol. The first-order valence-corrected chi connectivity index (χ1v) is 8.25. The van der Waals surface area contributed by atoms with E-state index in [1.165, 1.54) is 0 Å². The van der Waals surface area contributed by atoms with E-state index in [1.54, 1.807) is 19.1 Å². The zero-order chi connectivity index (χ0) is 16.8. The molecule has 2 amide bonds. The quantitative estimate of drug-likeness (QED) is 0.820. The molecule has 1 fully saturated rings. The first-order valence-electron chi connectivity index (χ1n) is 8.25. The summed E-state index contributed by atoms with van der Waals surface area (Å²) >= 11 is 0. The van der Waals surface area contributed by atoms with Crippen LogP contribution in [-0.4, -0.2) is 37.4 Å². The Kier molecular flexibility index (Phi) is 6.02. The number of benzene rings is 1. The number of rotatable bonds is 6. The minimum atomic E-state index is -0.219. The highest BCUT2D eigenvalue weighted by Gasteiger charge is 2.38. The van der Waals surface area contributed by atoms with Crippen LogP contribution in [0.2, 0.25) is 0 Å². The molecule has 1 aliphatic rings. The highest BCUT2D eigenvalue weighted by molar-refractivity contribution is 5.84. The third-order valence-electron chi connectivity index (χ3n) is 4.48. The first kappa shape index (κ1) is 17.3. The van der Waals surface area contributed by atoms with Crippen molar-refractivity contribution < 1.29 is 14.3 Å². The van der Waals surface area contributed by atoms with Crippen LogP contribution in [0.1, 0.15) is 44.2 Å². The largest absolute Gasteiger partial charge is 0.497 e. The monoisotopic (exact) mass is 318 g/mol. The van der Waals surface area contributed by atoms with Crippen molar-refractivity contribution in [2.75, 3.05) is 20.7 Å². The maximum atomic E-state index is 12.6. The van der Waals surface area contributed by atoms with Crippen molar-refractivity contribution in [1.82, 2.24) is 10.2 Å². The second-order valence-electron chi connectivity index (χ2n) is 6.01. The second kappa shape index (κ2) is 7.99. The molecule has 5 heteroatoms. The lowest BCUT2D eigenvalue weighted by atomic mass is 9.84. The Hall–Kier alpha value is -2.04. The first-order chi connectivity index (χ1) is 11.1. The Labute approximate surface area is 138 Å². The van der Waals surface area contributed by atoms with E-state index in [0.717, 1.165) is 24.2 Å². The summed E-state index contributed by atoms with van der Waals surface area (Å²) in [6.07, 6.45) is 3.04. The summed E-state index contributed by atoms with van der Waals surface area (Å²) < 4.78 is 5.18. The fraction of sp³-hybridized carbons (Fsp3) is 0.556.